The van der Waals surface area contributed by atoms with Crippen LogP contribution in [0, 0.1) is 129 Å². The number of H-pyrrole nitrogens is 1. The molecule has 0 radical (unpaired) electrons. The summed E-state index contributed by atoms with van der Waals surface area (Å²) in [5.74, 6) is 0. The maximum absolute atomic E-state index is 13.2. The van der Waals surface area contributed by atoms with E-state index in [0.717, 1.165) is 22.7 Å². The van der Waals surface area contributed by atoms with Gasteiger partial charge >= 0.3 is 91.7 Å². The molecule has 0 spiro atoms. The van der Waals surface area contributed by atoms with Crippen LogP contribution >= 0.6 is 0 Å². The molecule has 2 aromatic carbocycles. The largest absolute Gasteiger partial charge is 2.00 e. The number of benzene rings is 2. The fraction of sp³-hybridized carbons (Fsp3) is 0.356. The Kier molecular flexibility index (Phi) is 31.6. The van der Waals surface area contributed by atoms with E-state index >= 15 is 0 Å². The molecule has 10 aliphatic rings. The second-order valence-corrected chi connectivity index (χ2v) is 29.9. The van der Waals surface area contributed by atoms with Crippen LogP contribution in [0.5, 0.6) is 0 Å². The number of aromatic nitrogens is 4. The van der Waals surface area contributed by atoms with Crippen molar-refractivity contribution in [3.8, 4) is 11.4 Å². The Hall–Kier alpha value is -13.6. The zero-order valence-corrected chi connectivity index (χ0v) is 78.1. The van der Waals surface area contributed by atoms with Crippen molar-refractivity contribution in [2.24, 2.45) is 10.2 Å². The summed E-state index contributed by atoms with van der Waals surface area (Å²) in [5, 5.41) is 151. The van der Waals surface area contributed by atoms with Crippen molar-refractivity contribution in [1.29, 1.82) is 0 Å². The smallest absolute Gasteiger partial charge is 0.513 e. The number of allylic oxidation sites excluding steroid dienone is 8. The number of hydrogen-bond donors (Lipinski definition) is 0. The van der Waals surface area contributed by atoms with Crippen molar-refractivity contribution in [2.45, 2.75) is 214 Å². The number of aromatic amines is 1. The molecule has 1 N–H and O–H groups in total. The van der Waals surface area contributed by atoms with Crippen LogP contribution in [-0.4, -0.2) is 99.6 Å². The Morgan fingerprint density at radius 1 is 0.285 bits per heavy atom. The van der Waals surface area contributed by atoms with Crippen molar-refractivity contribution in [1.82, 2.24) is 14.1 Å². The summed E-state index contributed by atoms with van der Waals surface area (Å²) >= 11 is 0. The van der Waals surface area contributed by atoms with Crippen LogP contribution in [0.25, 0.3) is 53.9 Å². The van der Waals surface area contributed by atoms with Crippen LogP contribution < -0.4 is 4.98 Å². The zero-order valence-electron chi connectivity index (χ0n) is 75.2. The first kappa shape index (κ1) is 98.6. The fourth-order valence-corrected chi connectivity index (χ4v) is 18.1. The molecule has 130 heavy (non-hydrogen) atoms. The summed E-state index contributed by atoms with van der Waals surface area (Å²) in [6.07, 6.45) is 14.6. The van der Waals surface area contributed by atoms with E-state index in [9.17, 15) is 80.9 Å². The van der Waals surface area contributed by atoms with Crippen LogP contribution in [0.1, 0.15) is 214 Å². The van der Waals surface area contributed by atoms with E-state index in [-0.39, 0.29) is 243 Å². The molecule has 16 bridgehead atoms. The van der Waals surface area contributed by atoms with E-state index < -0.39 is 85.0 Å². The van der Waals surface area contributed by atoms with Crippen LogP contribution in [0.4, 0.5) is 11.4 Å². The monoisotopic (exact) mass is 1790 g/mol. The predicted molar refractivity (Wildman–Crippen MR) is 487 cm³/mol. The van der Waals surface area contributed by atoms with Gasteiger partial charge in [-0.3, -0.25) is 80.9 Å². The number of hydrogen-bond acceptors (Lipinski definition) is 19. The molecule has 0 aliphatic carbocycles. The average molecular weight is 1790 g/mol. The molecule has 14 rings (SSSR count). The van der Waals surface area contributed by atoms with Gasteiger partial charge < -0.3 is 47.1 Å². The molecular formula is C90H95Mg2N22O16+5. The van der Waals surface area contributed by atoms with Crippen LogP contribution in [0.15, 0.2) is 277 Å². The molecular weight excluding hydrogens is 1690 g/mol. The molecule has 0 atom stereocenters. The summed E-state index contributed by atoms with van der Waals surface area (Å²) in [7, 11) is 0. The topological polar surface area (TPSA) is 520 Å². The quantitative estimate of drug-likeness (QED) is 0.0167. The Morgan fingerprint density at radius 2 is 0.469 bits per heavy atom. The summed E-state index contributed by atoms with van der Waals surface area (Å²) < 4.78 is 3.94. The number of fused-ring (bicyclic) bond motifs is 16. The Bertz CT molecular complexity index is 4960. The molecule has 0 fully saturated rings. The third-order valence-corrected chi connectivity index (χ3v) is 23.6. The van der Waals surface area contributed by atoms with Gasteiger partial charge in [-0.1, -0.05) is 55.4 Å². The molecule has 10 aliphatic heterocycles. The molecule has 0 saturated carbocycles. The SMILES string of the molecule is CCC1=C(CC)[C+]2[N-]/C1=C(/[N+](=O)[O-])[C+]1[N-]/C(=C(/[N+](=O)[O-])[C+]3[N-]/C(=C(/[N+](=O)[O-])[C+]4[N-]/C(=C\2[N+](=O)[O-])C(CC)=C4CC)C(CC)=C3CC)C(CC)=C1CC.CCC1=C(CC)[C+]2[N-]/C1=C(/[N+](=O)[O-])[C+]1[N-]/C(=C(/[N+](=O)[O-])[C+]3[N-]/C(=C(/[N+](=O)[O-])[C+]4[N-]/C(=C\2[N+](=O)[O-])C(CC)=C4CC)C(CC)=C3CC)C(CC)=C1CC.[Mg+2].[Mg+2].c1cn(-c2ccc(N=Nc3ccc(-n4cc[nH+]c4)cc3)cc2)cn1. The predicted octanol–water partition coefficient (Wildman–Crippen LogP) is 23.3. The van der Waals surface area contributed by atoms with Crippen molar-refractivity contribution < 1.29 is 44.4 Å². The van der Waals surface area contributed by atoms with Gasteiger partial charge in [0.25, 0.3) is 0 Å². The molecule has 38 nitrogen and oxygen atoms in total. The van der Waals surface area contributed by atoms with E-state index in [2.05, 4.69) is 62.7 Å². The minimum Gasteiger partial charge on any atom is -0.513 e. The molecule has 0 amide bonds. The maximum Gasteiger partial charge on any atom is 2.00 e. The normalized spacial score (nSPS) is 21.8. The van der Waals surface area contributed by atoms with Crippen molar-refractivity contribution >= 4 is 57.5 Å². The van der Waals surface area contributed by atoms with Gasteiger partial charge in [0.1, 0.15) is 63.7 Å². The van der Waals surface area contributed by atoms with Crippen molar-refractivity contribution in [3.63, 3.8) is 0 Å². The van der Waals surface area contributed by atoms with Gasteiger partial charge in [0.2, 0.25) is 6.33 Å². The number of imidazole rings is 2. The number of nitro groups is 8. The Balaban J connectivity index is 0.000000214. The molecule has 0 unspecified atom stereocenters. The molecule has 12 heterocycles. The summed E-state index contributed by atoms with van der Waals surface area (Å²) in [5.41, 5.74) is 5.04. The summed E-state index contributed by atoms with van der Waals surface area (Å²) in [6.45, 7) is 28.2. The third-order valence-electron chi connectivity index (χ3n) is 23.6. The van der Waals surface area contributed by atoms with E-state index in [1.807, 2.05) is 82.6 Å². The number of nitrogens with one attached hydrogen (secondary N) is 1. The molecule has 660 valence electrons. The van der Waals surface area contributed by atoms with Crippen molar-refractivity contribution in [3.05, 3.63) is 438 Å². The van der Waals surface area contributed by atoms with Gasteiger partial charge in [-0.15, -0.1) is 0 Å². The van der Waals surface area contributed by atoms with Gasteiger partial charge in [-0.05, 0) is 155 Å². The third kappa shape index (κ3) is 17.6. The van der Waals surface area contributed by atoms with Crippen LogP contribution in [0.3, 0.4) is 0 Å². The van der Waals surface area contributed by atoms with E-state index in [4.69, 9.17) is 0 Å². The Labute approximate surface area is 784 Å². The van der Waals surface area contributed by atoms with Gasteiger partial charge in [0, 0.05) is 69.4 Å². The zero-order chi connectivity index (χ0) is 92.9. The van der Waals surface area contributed by atoms with E-state index in [0.29, 0.717) is 89.2 Å². The molecule has 4 aromatic rings. The average Bonchev–Trinajstić information content (AvgIpc) is 1.57. The van der Waals surface area contributed by atoms with Gasteiger partial charge in [-0.25, -0.2) is 14.5 Å². The summed E-state index contributed by atoms with van der Waals surface area (Å²) in [6, 6.07) is 14.8. The number of azo groups is 1. The van der Waals surface area contributed by atoms with Crippen molar-refractivity contribution in [2.75, 3.05) is 0 Å². The van der Waals surface area contributed by atoms with Crippen LogP contribution in [-0.2, 0) is 0 Å². The molecule has 0 saturated heterocycles. The molecule has 40 heteroatoms. The molecule has 2 aromatic heterocycles. The van der Waals surface area contributed by atoms with Gasteiger partial charge in [0.05, 0.1) is 195 Å². The fourth-order valence-electron chi connectivity index (χ4n) is 18.1. The number of rotatable bonds is 28. The standard InChI is InChI=1S/2C36H40N8O8.C18H14N6.2Mg/c2*1-9-17-18(10-2)26-34(42(47)48)28-21(13-5)22(14-6)30(39-28)36(44(51)52)32-24(16-8)23(15-7)31(40-32)35(43(49)50)29-20(12-4)19(11-3)27(38-29)33(41(45)46)25(17)37-26;1-5-17(23-11-9-19-13-23)6-2-15(1)21-22-16-3-7-18(8-4-16)24-12-10-20-14-24;;/h2*9-16H2,1-8H3;1-14H;;/q;;;2*+2/p+1/b2*33-25+,34-28+,35-29+,36-32+;;;. The second-order valence-electron chi connectivity index (χ2n) is 29.9. The van der Waals surface area contributed by atoms with Gasteiger partial charge in [0.15, 0.2) is 0 Å². The number of nitrogens with zero attached hydrogens (tertiary/aromatic N) is 21. The second kappa shape index (κ2) is 41.7. The minimum absolute atomic E-state index is 0. The summed E-state index contributed by atoms with van der Waals surface area (Å²) in [4.78, 5) is 107. The van der Waals surface area contributed by atoms with E-state index in [1.165, 1.54) is 0 Å². The minimum atomic E-state index is -0.633. The van der Waals surface area contributed by atoms with E-state index in [1.54, 1.807) is 123 Å². The maximum atomic E-state index is 13.2. The first-order valence-corrected chi connectivity index (χ1v) is 42.8. The van der Waals surface area contributed by atoms with Crippen LogP contribution in [0.2, 0.25) is 0 Å². The first-order chi connectivity index (χ1) is 61.5. The Morgan fingerprint density at radius 3 is 0.608 bits per heavy atom. The van der Waals surface area contributed by atoms with Gasteiger partial charge in [-0.2, -0.15) is 10.2 Å². The first-order valence-electron chi connectivity index (χ1n) is 42.8.